The Morgan fingerprint density at radius 3 is 2.59 bits per heavy atom. The Morgan fingerprint density at radius 1 is 1.35 bits per heavy atom. The highest BCUT2D eigenvalue weighted by Crippen LogP contribution is 2.22. The summed E-state index contributed by atoms with van der Waals surface area (Å²) in [6, 6.07) is 4.67. The molecule has 0 bridgehead atoms. The van der Waals surface area contributed by atoms with Crippen molar-refractivity contribution >= 4 is 0 Å². The number of nitrogens with one attached hydrogen (secondary N) is 1. The van der Waals surface area contributed by atoms with Crippen molar-refractivity contribution < 1.29 is 0 Å². The monoisotopic (exact) mass is 234 g/mol. The molecular weight excluding hydrogens is 208 g/mol. The largest absolute Gasteiger partial charge is 0.317 e. The van der Waals surface area contributed by atoms with Crippen LogP contribution in [0.4, 0.5) is 0 Å². The molecule has 1 heterocycles. The average Bonchev–Trinajstić information content (AvgIpc) is 2.25. The lowest BCUT2D eigenvalue weighted by Gasteiger charge is -2.23. The lowest BCUT2D eigenvalue weighted by Crippen LogP contribution is -2.29. The summed E-state index contributed by atoms with van der Waals surface area (Å²) in [6.45, 7) is 9.03. The van der Waals surface area contributed by atoms with Crippen LogP contribution in [0, 0.1) is 12.3 Å². The highest BCUT2D eigenvalue weighted by molar-refractivity contribution is 5.18. The van der Waals surface area contributed by atoms with Gasteiger partial charge in [0.25, 0.3) is 0 Å². The molecule has 0 saturated carbocycles. The number of hydrogen-bond donors (Lipinski definition) is 1. The van der Waals surface area contributed by atoms with Gasteiger partial charge < -0.3 is 5.32 Å². The first kappa shape index (κ1) is 14.2. The van der Waals surface area contributed by atoms with Crippen molar-refractivity contribution in [1.29, 1.82) is 0 Å². The van der Waals surface area contributed by atoms with Crippen LogP contribution in [0.25, 0.3) is 0 Å². The first-order chi connectivity index (χ1) is 7.92. The lowest BCUT2D eigenvalue weighted by molar-refractivity contribution is 0.334. The number of nitrogens with zero attached hydrogens (tertiary/aromatic N) is 1. The molecular formula is C15H26N2. The SMILES string of the molecule is CNC(CCC(C)(C)C)Cc1ncccc1C. The van der Waals surface area contributed by atoms with E-state index >= 15 is 0 Å². The summed E-state index contributed by atoms with van der Waals surface area (Å²) in [5, 5.41) is 3.41. The number of aromatic nitrogens is 1. The molecule has 0 spiro atoms. The van der Waals surface area contributed by atoms with E-state index in [0.29, 0.717) is 11.5 Å². The van der Waals surface area contributed by atoms with Crippen molar-refractivity contribution in [3.8, 4) is 0 Å². The van der Waals surface area contributed by atoms with Crippen LogP contribution >= 0.6 is 0 Å². The van der Waals surface area contributed by atoms with Crippen molar-refractivity contribution in [2.45, 2.75) is 53.0 Å². The van der Waals surface area contributed by atoms with Crippen molar-refractivity contribution in [3.05, 3.63) is 29.6 Å². The Kier molecular flexibility index (Phi) is 5.13. The second-order valence-electron chi connectivity index (χ2n) is 6.06. The van der Waals surface area contributed by atoms with Crippen LogP contribution in [-0.2, 0) is 6.42 Å². The van der Waals surface area contributed by atoms with Gasteiger partial charge in [0.1, 0.15) is 0 Å². The van der Waals surface area contributed by atoms with Crippen LogP contribution in [0.3, 0.4) is 0 Å². The van der Waals surface area contributed by atoms with Gasteiger partial charge in [0.15, 0.2) is 0 Å². The van der Waals surface area contributed by atoms with Gasteiger partial charge in [-0.1, -0.05) is 26.8 Å². The number of likely N-dealkylation sites (N-methyl/N-ethyl adjacent to an activating group) is 1. The Morgan fingerprint density at radius 2 is 2.06 bits per heavy atom. The molecule has 17 heavy (non-hydrogen) atoms. The maximum atomic E-state index is 4.47. The molecule has 1 aromatic heterocycles. The maximum absolute atomic E-state index is 4.47. The minimum Gasteiger partial charge on any atom is -0.317 e. The first-order valence-electron chi connectivity index (χ1n) is 6.50. The van der Waals surface area contributed by atoms with Gasteiger partial charge in [0.05, 0.1) is 0 Å². The van der Waals surface area contributed by atoms with E-state index in [1.165, 1.54) is 24.1 Å². The summed E-state index contributed by atoms with van der Waals surface area (Å²) < 4.78 is 0. The molecule has 96 valence electrons. The van der Waals surface area contributed by atoms with Crippen molar-refractivity contribution in [2.75, 3.05) is 7.05 Å². The molecule has 1 atom stereocenters. The van der Waals surface area contributed by atoms with E-state index in [2.05, 4.69) is 44.1 Å². The second kappa shape index (κ2) is 6.15. The predicted octanol–water partition coefficient (Wildman–Crippen LogP) is 3.35. The molecule has 0 aliphatic carbocycles. The fraction of sp³-hybridized carbons (Fsp3) is 0.667. The van der Waals surface area contributed by atoms with Gasteiger partial charge in [-0.25, -0.2) is 0 Å². The van der Waals surface area contributed by atoms with E-state index in [9.17, 15) is 0 Å². The van der Waals surface area contributed by atoms with Gasteiger partial charge in [-0.3, -0.25) is 4.98 Å². The van der Waals surface area contributed by atoms with Gasteiger partial charge in [0.2, 0.25) is 0 Å². The van der Waals surface area contributed by atoms with E-state index in [4.69, 9.17) is 0 Å². The number of rotatable bonds is 5. The van der Waals surface area contributed by atoms with Gasteiger partial charge in [-0.15, -0.1) is 0 Å². The smallest absolute Gasteiger partial charge is 0.0448 e. The van der Waals surface area contributed by atoms with E-state index < -0.39 is 0 Å². The fourth-order valence-corrected chi connectivity index (χ4v) is 1.92. The molecule has 0 fully saturated rings. The molecule has 1 N–H and O–H groups in total. The Hall–Kier alpha value is -0.890. The molecule has 0 aliphatic heterocycles. The van der Waals surface area contributed by atoms with Crippen LogP contribution in [0.1, 0.15) is 44.9 Å². The van der Waals surface area contributed by atoms with E-state index in [0.717, 1.165) is 6.42 Å². The van der Waals surface area contributed by atoms with Gasteiger partial charge in [0, 0.05) is 24.4 Å². The molecule has 2 nitrogen and oxygen atoms in total. The zero-order chi connectivity index (χ0) is 12.9. The standard InChI is InChI=1S/C15H26N2/c1-12-7-6-10-17-14(12)11-13(16-5)8-9-15(2,3)4/h6-7,10,13,16H,8-9,11H2,1-5H3. The highest BCUT2D eigenvalue weighted by atomic mass is 14.9. The molecule has 1 unspecified atom stereocenters. The summed E-state index contributed by atoms with van der Waals surface area (Å²) in [7, 11) is 2.05. The summed E-state index contributed by atoms with van der Waals surface area (Å²) >= 11 is 0. The average molecular weight is 234 g/mol. The van der Waals surface area contributed by atoms with Gasteiger partial charge in [-0.2, -0.15) is 0 Å². The molecule has 0 aromatic carbocycles. The number of aryl methyl sites for hydroxylation is 1. The summed E-state index contributed by atoms with van der Waals surface area (Å²) in [5.41, 5.74) is 2.93. The third-order valence-electron chi connectivity index (χ3n) is 3.21. The van der Waals surface area contributed by atoms with Crippen LogP contribution in [-0.4, -0.2) is 18.1 Å². The van der Waals surface area contributed by atoms with Gasteiger partial charge >= 0.3 is 0 Å². The molecule has 2 heteroatoms. The van der Waals surface area contributed by atoms with E-state index in [-0.39, 0.29) is 0 Å². The molecule has 0 aliphatic rings. The topological polar surface area (TPSA) is 24.9 Å². The lowest BCUT2D eigenvalue weighted by atomic mass is 9.87. The highest BCUT2D eigenvalue weighted by Gasteiger charge is 2.15. The van der Waals surface area contributed by atoms with Crippen molar-refractivity contribution in [1.82, 2.24) is 10.3 Å². The molecule has 1 aromatic rings. The van der Waals surface area contributed by atoms with Crippen LogP contribution in [0.15, 0.2) is 18.3 Å². The summed E-state index contributed by atoms with van der Waals surface area (Å²) in [4.78, 5) is 4.47. The van der Waals surface area contributed by atoms with Crippen LogP contribution in [0.5, 0.6) is 0 Å². The molecule has 0 radical (unpaired) electrons. The van der Waals surface area contributed by atoms with Gasteiger partial charge in [-0.05, 0) is 43.9 Å². The molecule has 1 rings (SSSR count). The minimum absolute atomic E-state index is 0.411. The Balaban J connectivity index is 2.56. The fourth-order valence-electron chi connectivity index (χ4n) is 1.92. The Bertz CT molecular complexity index is 339. The summed E-state index contributed by atoms with van der Waals surface area (Å²) in [5.74, 6) is 0. The third kappa shape index (κ3) is 5.31. The van der Waals surface area contributed by atoms with E-state index in [1.807, 2.05) is 19.3 Å². The minimum atomic E-state index is 0.411. The third-order valence-corrected chi connectivity index (χ3v) is 3.21. The normalized spacial score (nSPS) is 13.7. The van der Waals surface area contributed by atoms with Crippen molar-refractivity contribution in [2.24, 2.45) is 5.41 Å². The Labute approximate surface area is 106 Å². The van der Waals surface area contributed by atoms with Crippen molar-refractivity contribution in [3.63, 3.8) is 0 Å². The maximum Gasteiger partial charge on any atom is 0.0448 e. The molecule has 0 amide bonds. The quantitative estimate of drug-likeness (QED) is 0.845. The number of pyridine rings is 1. The molecule has 0 saturated heterocycles. The van der Waals surface area contributed by atoms with Crippen LogP contribution in [0.2, 0.25) is 0 Å². The first-order valence-corrected chi connectivity index (χ1v) is 6.50. The summed E-state index contributed by atoms with van der Waals surface area (Å²) in [6.07, 6.45) is 5.36. The predicted molar refractivity (Wildman–Crippen MR) is 74.2 cm³/mol. The van der Waals surface area contributed by atoms with E-state index in [1.54, 1.807) is 0 Å². The van der Waals surface area contributed by atoms with Crippen LogP contribution < -0.4 is 5.32 Å². The second-order valence-corrected chi connectivity index (χ2v) is 6.06. The zero-order valence-electron chi connectivity index (χ0n) is 11.9. The zero-order valence-corrected chi connectivity index (χ0v) is 11.9. The number of hydrogen-bond acceptors (Lipinski definition) is 2.